The molecule has 0 aromatic rings. The lowest BCUT2D eigenvalue weighted by atomic mass is 9.69. The van der Waals surface area contributed by atoms with E-state index in [1.165, 1.54) is 6.42 Å². The van der Waals surface area contributed by atoms with E-state index in [0.717, 1.165) is 32.5 Å². The highest BCUT2D eigenvalue weighted by Crippen LogP contribution is 2.42. The van der Waals surface area contributed by atoms with Crippen molar-refractivity contribution in [2.45, 2.75) is 39.2 Å². The van der Waals surface area contributed by atoms with E-state index in [9.17, 15) is 4.79 Å². The van der Waals surface area contributed by atoms with Crippen LogP contribution in [0.1, 0.15) is 33.1 Å². The molecule has 0 unspecified atom stereocenters. The van der Waals surface area contributed by atoms with Crippen molar-refractivity contribution in [2.75, 3.05) is 19.6 Å². The molecule has 2 aliphatic rings. The van der Waals surface area contributed by atoms with Gasteiger partial charge in [0.05, 0.1) is 0 Å². The Balaban J connectivity index is 2.02. The van der Waals surface area contributed by atoms with Crippen LogP contribution in [0.3, 0.4) is 0 Å². The number of rotatable bonds is 1. The van der Waals surface area contributed by atoms with Crippen molar-refractivity contribution in [3.63, 3.8) is 0 Å². The standard InChI is InChI=1S/C11H20N2O/c1-9-8-12-6-7-13(9)10(14)11(2)4-3-5-11/h9,12H,3-8H2,1-2H3/t9-/m1/s1. The van der Waals surface area contributed by atoms with Gasteiger partial charge in [-0.2, -0.15) is 0 Å². The van der Waals surface area contributed by atoms with E-state index < -0.39 is 0 Å². The molecular formula is C11H20N2O. The van der Waals surface area contributed by atoms with Gasteiger partial charge in [-0.3, -0.25) is 4.79 Å². The molecule has 80 valence electrons. The normalized spacial score (nSPS) is 31.0. The van der Waals surface area contributed by atoms with Gasteiger partial charge in [0.25, 0.3) is 0 Å². The number of piperazine rings is 1. The SMILES string of the molecule is C[C@@H]1CNCCN1C(=O)C1(C)CCC1. The number of carbonyl (C=O) groups excluding carboxylic acids is 1. The molecule has 0 spiro atoms. The van der Waals surface area contributed by atoms with Crippen LogP contribution in [0.15, 0.2) is 0 Å². The van der Waals surface area contributed by atoms with E-state index in [1.807, 2.05) is 0 Å². The van der Waals surface area contributed by atoms with Crippen LogP contribution in [0.25, 0.3) is 0 Å². The van der Waals surface area contributed by atoms with Crippen LogP contribution in [0.2, 0.25) is 0 Å². The van der Waals surface area contributed by atoms with Crippen molar-refractivity contribution in [3.8, 4) is 0 Å². The van der Waals surface area contributed by atoms with Crippen LogP contribution in [0.5, 0.6) is 0 Å². The van der Waals surface area contributed by atoms with Gasteiger partial charge in [0, 0.05) is 31.1 Å². The average molecular weight is 196 g/mol. The number of nitrogens with zero attached hydrogens (tertiary/aromatic N) is 1. The lowest BCUT2D eigenvalue weighted by molar-refractivity contribution is -0.149. The third kappa shape index (κ3) is 1.54. The fourth-order valence-corrected chi connectivity index (χ4v) is 2.41. The number of nitrogens with one attached hydrogen (secondary N) is 1. The first-order valence-electron chi connectivity index (χ1n) is 5.65. The second-order valence-electron chi connectivity index (χ2n) is 4.97. The molecule has 1 heterocycles. The highest BCUT2D eigenvalue weighted by molar-refractivity contribution is 5.83. The van der Waals surface area contributed by atoms with Gasteiger partial charge < -0.3 is 10.2 Å². The summed E-state index contributed by atoms with van der Waals surface area (Å²) in [7, 11) is 0. The Morgan fingerprint density at radius 1 is 1.50 bits per heavy atom. The molecule has 1 amide bonds. The van der Waals surface area contributed by atoms with Crippen molar-refractivity contribution in [1.82, 2.24) is 10.2 Å². The first-order chi connectivity index (χ1) is 6.63. The van der Waals surface area contributed by atoms with Crippen molar-refractivity contribution < 1.29 is 4.79 Å². The second-order valence-corrected chi connectivity index (χ2v) is 4.97. The lowest BCUT2D eigenvalue weighted by Crippen LogP contribution is -2.57. The Hall–Kier alpha value is -0.570. The Morgan fingerprint density at radius 2 is 2.21 bits per heavy atom. The molecule has 2 fully saturated rings. The highest BCUT2D eigenvalue weighted by atomic mass is 16.2. The predicted octanol–water partition coefficient (Wildman–Crippen LogP) is 0.997. The molecule has 2 rings (SSSR count). The van der Waals surface area contributed by atoms with Gasteiger partial charge in [-0.05, 0) is 19.8 Å². The average Bonchev–Trinajstić information content (AvgIpc) is 2.14. The third-order valence-electron chi connectivity index (χ3n) is 3.74. The van der Waals surface area contributed by atoms with E-state index >= 15 is 0 Å². The van der Waals surface area contributed by atoms with E-state index in [4.69, 9.17) is 0 Å². The first-order valence-corrected chi connectivity index (χ1v) is 5.65. The molecule has 0 aromatic heterocycles. The van der Waals surface area contributed by atoms with Gasteiger partial charge in [-0.25, -0.2) is 0 Å². The zero-order valence-electron chi connectivity index (χ0n) is 9.18. The fourth-order valence-electron chi connectivity index (χ4n) is 2.41. The number of hydrogen-bond donors (Lipinski definition) is 1. The number of hydrogen-bond acceptors (Lipinski definition) is 2. The molecule has 1 aliphatic heterocycles. The smallest absolute Gasteiger partial charge is 0.228 e. The van der Waals surface area contributed by atoms with Gasteiger partial charge >= 0.3 is 0 Å². The zero-order chi connectivity index (χ0) is 10.2. The van der Waals surface area contributed by atoms with Crippen LogP contribution in [-0.2, 0) is 4.79 Å². The predicted molar refractivity (Wildman–Crippen MR) is 56.0 cm³/mol. The van der Waals surface area contributed by atoms with Crippen LogP contribution < -0.4 is 5.32 Å². The molecular weight excluding hydrogens is 176 g/mol. The minimum Gasteiger partial charge on any atom is -0.337 e. The lowest BCUT2D eigenvalue weighted by Gasteiger charge is -2.44. The van der Waals surface area contributed by atoms with Crippen LogP contribution in [-0.4, -0.2) is 36.5 Å². The number of carbonyl (C=O) groups is 1. The van der Waals surface area contributed by atoms with Gasteiger partial charge in [0.2, 0.25) is 5.91 Å². The molecule has 0 radical (unpaired) electrons. The van der Waals surface area contributed by atoms with Crippen molar-refractivity contribution in [3.05, 3.63) is 0 Å². The van der Waals surface area contributed by atoms with Gasteiger partial charge in [0.1, 0.15) is 0 Å². The molecule has 0 bridgehead atoms. The second kappa shape index (κ2) is 3.54. The molecule has 0 aromatic carbocycles. The molecule has 3 heteroatoms. The molecule has 1 N–H and O–H groups in total. The molecule has 1 aliphatic carbocycles. The first kappa shape index (κ1) is 9.97. The van der Waals surface area contributed by atoms with Gasteiger partial charge in [-0.1, -0.05) is 13.3 Å². The Kier molecular flexibility index (Phi) is 2.52. The Bertz CT molecular complexity index is 235. The molecule has 3 nitrogen and oxygen atoms in total. The van der Waals surface area contributed by atoms with Crippen molar-refractivity contribution in [2.24, 2.45) is 5.41 Å². The van der Waals surface area contributed by atoms with Crippen molar-refractivity contribution >= 4 is 5.91 Å². The van der Waals surface area contributed by atoms with Gasteiger partial charge in [-0.15, -0.1) is 0 Å². The van der Waals surface area contributed by atoms with E-state index in [-0.39, 0.29) is 5.41 Å². The monoisotopic (exact) mass is 196 g/mol. The van der Waals surface area contributed by atoms with E-state index in [0.29, 0.717) is 11.9 Å². The van der Waals surface area contributed by atoms with E-state index in [2.05, 4.69) is 24.1 Å². The summed E-state index contributed by atoms with van der Waals surface area (Å²) in [5.74, 6) is 0.387. The molecule has 1 saturated carbocycles. The minimum absolute atomic E-state index is 0.0222. The number of amides is 1. The summed E-state index contributed by atoms with van der Waals surface area (Å²) in [5.41, 5.74) is -0.0222. The zero-order valence-corrected chi connectivity index (χ0v) is 9.18. The summed E-state index contributed by atoms with van der Waals surface area (Å²) < 4.78 is 0. The summed E-state index contributed by atoms with van der Waals surface area (Å²) in [6.45, 7) is 7.03. The van der Waals surface area contributed by atoms with Crippen molar-refractivity contribution in [1.29, 1.82) is 0 Å². The fraction of sp³-hybridized carbons (Fsp3) is 0.909. The third-order valence-corrected chi connectivity index (χ3v) is 3.74. The molecule has 1 saturated heterocycles. The molecule has 1 atom stereocenters. The maximum absolute atomic E-state index is 12.2. The Labute approximate surface area is 85.8 Å². The quantitative estimate of drug-likeness (QED) is 0.678. The maximum atomic E-state index is 12.2. The summed E-state index contributed by atoms with van der Waals surface area (Å²) in [5, 5.41) is 3.31. The van der Waals surface area contributed by atoms with E-state index in [1.54, 1.807) is 0 Å². The summed E-state index contributed by atoms with van der Waals surface area (Å²) in [6.07, 6.45) is 3.40. The maximum Gasteiger partial charge on any atom is 0.228 e. The van der Waals surface area contributed by atoms with Crippen LogP contribution in [0.4, 0.5) is 0 Å². The summed E-state index contributed by atoms with van der Waals surface area (Å²) in [6, 6.07) is 0.369. The summed E-state index contributed by atoms with van der Waals surface area (Å²) >= 11 is 0. The summed E-state index contributed by atoms with van der Waals surface area (Å²) in [4.78, 5) is 14.3. The van der Waals surface area contributed by atoms with Crippen LogP contribution in [0, 0.1) is 5.41 Å². The largest absolute Gasteiger partial charge is 0.337 e. The minimum atomic E-state index is -0.0222. The Morgan fingerprint density at radius 3 is 2.71 bits per heavy atom. The van der Waals surface area contributed by atoms with Crippen LogP contribution >= 0.6 is 0 Å². The van der Waals surface area contributed by atoms with Gasteiger partial charge in [0.15, 0.2) is 0 Å². The highest BCUT2D eigenvalue weighted by Gasteiger charge is 2.43. The topological polar surface area (TPSA) is 32.3 Å². The molecule has 14 heavy (non-hydrogen) atoms.